The smallest absolute Gasteiger partial charge is 0.258 e. The first-order valence-electron chi connectivity index (χ1n) is 4.50. The van der Waals surface area contributed by atoms with E-state index in [4.69, 9.17) is 10.7 Å². The molecule has 0 saturated carbocycles. The van der Waals surface area contributed by atoms with Crippen LogP contribution >= 0.6 is 10.7 Å². The van der Waals surface area contributed by atoms with Crippen LogP contribution in [0.1, 0.15) is 18.1 Å². The Morgan fingerprint density at radius 2 is 2.00 bits per heavy atom. The lowest BCUT2D eigenvalue weighted by Gasteiger charge is -2.08. The van der Waals surface area contributed by atoms with Crippen LogP contribution in [-0.2, 0) is 15.5 Å². The summed E-state index contributed by atoms with van der Waals surface area (Å²) >= 11 is 0. The van der Waals surface area contributed by atoms with Crippen LogP contribution in [0.3, 0.4) is 0 Å². The molecule has 0 unspecified atom stereocenters. The van der Waals surface area contributed by atoms with Crippen molar-refractivity contribution in [3.8, 4) is 0 Å². The second kappa shape index (κ2) is 4.39. The molecule has 5 nitrogen and oxygen atoms in total. The number of aryl methyl sites for hydroxylation is 1. The molecule has 7 heteroatoms. The molecule has 0 spiro atoms. The lowest BCUT2D eigenvalue weighted by molar-refractivity contribution is -0.385. The van der Waals surface area contributed by atoms with Gasteiger partial charge in [0.05, 0.1) is 9.82 Å². The van der Waals surface area contributed by atoms with Crippen molar-refractivity contribution in [3.05, 3.63) is 33.4 Å². The predicted molar refractivity (Wildman–Crippen MR) is 60.3 cm³/mol. The van der Waals surface area contributed by atoms with Gasteiger partial charge in [-0.05, 0) is 18.9 Å². The number of nitro benzene ring substituents is 1. The number of nitro groups is 1. The van der Waals surface area contributed by atoms with Crippen molar-refractivity contribution < 1.29 is 13.3 Å². The van der Waals surface area contributed by atoms with Crippen molar-refractivity contribution in [2.45, 2.75) is 25.2 Å². The summed E-state index contributed by atoms with van der Waals surface area (Å²) in [4.78, 5) is 9.98. The van der Waals surface area contributed by atoms with Gasteiger partial charge >= 0.3 is 0 Å². The summed E-state index contributed by atoms with van der Waals surface area (Å²) in [5.74, 6) is 0. The Labute approximate surface area is 97.6 Å². The fourth-order valence-electron chi connectivity index (χ4n) is 1.59. The summed E-state index contributed by atoms with van der Waals surface area (Å²) in [6.45, 7) is 3.20. The SMILES string of the molecule is CCc1c([N+](=O)[O-])ccc(C)c1S(=O)(=O)Cl. The minimum Gasteiger partial charge on any atom is -0.258 e. The highest BCUT2D eigenvalue weighted by Crippen LogP contribution is 2.31. The van der Waals surface area contributed by atoms with E-state index in [0.717, 1.165) is 0 Å². The number of hydrogen-bond acceptors (Lipinski definition) is 4. The monoisotopic (exact) mass is 263 g/mol. The highest BCUT2D eigenvalue weighted by atomic mass is 35.7. The Morgan fingerprint density at radius 3 is 2.38 bits per heavy atom. The first-order chi connectivity index (χ1) is 7.29. The minimum atomic E-state index is -3.96. The van der Waals surface area contributed by atoms with Gasteiger partial charge in [-0.15, -0.1) is 0 Å². The minimum absolute atomic E-state index is 0.147. The molecule has 0 aliphatic carbocycles. The van der Waals surface area contributed by atoms with Gasteiger partial charge in [0.25, 0.3) is 14.7 Å². The molecule has 1 rings (SSSR count). The summed E-state index contributed by atoms with van der Waals surface area (Å²) in [7, 11) is 1.31. The van der Waals surface area contributed by atoms with Crippen LogP contribution in [0.4, 0.5) is 5.69 Å². The topological polar surface area (TPSA) is 77.3 Å². The molecule has 0 aromatic heterocycles. The average molecular weight is 264 g/mol. The largest absolute Gasteiger partial charge is 0.273 e. The van der Waals surface area contributed by atoms with Crippen molar-refractivity contribution in [1.82, 2.24) is 0 Å². The lowest BCUT2D eigenvalue weighted by atomic mass is 10.1. The van der Waals surface area contributed by atoms with Crippen LogP contribution in [0.2, 0.25) is 0 Å². The zero-order valence-corrected chi connectivity index (χ0v) is 10.3. The zero-order valence-electron chi connectivity index (χ0n) is 8.73. The molecule has 0 bridgehead atoms. The molecular formula is C9H10ClNO4S. The van der Waals surface area contributed by atoms with Gasteiger partial charge in [-0.25, -0.2) is 8.42 Å². The Kier molecular flexibility index (Phi) is 3.54. The molecule has 16 heavy (non-hydrogen) atoms. The standard InChI is InChI=1S/C9H10ClNO4S/c1-3-7-8(11(12)13)5-4-6(2)9(7)16(10,14)15/h4-5H,3H2,1-2H3. The fourth-order valence-corrected chi connectivity index (χ4v) is 3.23. The highest BCUT2D eigenvalue weighted by molar-refractivity contribution is 8.13. The van der Waals surface area contributed by atoms with E-state index < -0.39 is 14.0 Å². The van der Waals surface area contributed by atoms with Crippen molar-refractivity contribution >= 4 is 25.4 Å². The average Bonchev–Trinajstić information content (AvgIpc) is 2.14. The fraction of sp³-hybridized carbons (Fsp3) is 0.333. The van der Waals surface area contributed by atoms with Gasteiger partial charge in [0.2, 0.25) is 0 Å². The molecule has 1 aromatic carbocycles. The molecular weight excluding hydrogens is 254 g/mol. The summed E-state index contributed by atoms with van der Waals surface area (Å²) in [5.41, 5.74) is 0.352. The van der Waals surface area contributed by atoms with Gasteiger partial charge in [-0.3, -0.25) is 10.1 Å². The predicted octanol–water partition coefficient (Wildman–Crippen LogP) is 2.39. The van der Waals surface area contributed by atoms with Crippen LogP contribution in [0.15, 0.2) is 17.0 Å². The van der Waals surface area contributed by atoms with Crippen LogP contribution < -0.4 is 0 Å². The third-order valence-electron chi connectivity index (χ3n) is 2.23. The molecule has 0 aliphatic rings. The zero-order chi connectivity index (χ0) is 12.5. The number of halogens is 1. The molecule has 0 fully saturated rings. The number of hydrogen-bond donors (Lipinski definition) is 0. The van der Waals surface area contributed by atoms with Crippen molar-refractivity contribution in [2.24, 2.45) is 0 Å². The summed E-state index contributed by atoms with van der Waals surface area (Å²) < 4.78 is 22.7. The number of nitrogens with zero attached hydrogens (tertiary/aromatic N) is 1. The summed E-state index contributed by atoms with van der Waals surface area (Å²) in [6.07, 6.45) is 0.235. The van der Waals surface area contributed by atoms with Crippen molar-refractivity contribution in [1.29, 1.82) is 0 Å². The molecule has 0 atom stereocenters. The Bertz CT molecular complexity index is 539. The van der Waals surface area contributed by atoms with Gasteiger partial charge in [0.1, 0.15) is 0 Å². The van der Waals surface area contributed by atoms with E-state index in [9.17, 15) is 18.5 Å². The van der Waals surface area contributed by atoms with E-state index in [1.807, 2.05) is 0 Å². The number of benzene rings is 1. The summed E-state index contributed by atoms with van der Waals surface area (Å²) in [5, 5.41) is 10.7. The second-order valence-corrected chi connectivity index (χ2v) is 5.76. The molecule has 88 valence electrons. The highest BCUT2D eigenvalue weighted by Gasteiger charge is 2.25. The molecule has 0 amide bonds. The van der Waals surface area contributed by atoms with Crippen LogP contribution in [0.25, 0.3) is 0 Å². The quantitative estimate of drug-likeness (QED) is 0.477. The third kappa shape index (κ3) is 2.33. The van der Waals surface area contributed by atoms with E-state index in [1.165, 1.54) is 12.1 Å². The lowest BCUT2D eigenvalue weighted by Crippen LogP contribution is -2.04. The van der Waals surface area contributed by atoms with Crippen LogP contribution in [-0.4, -0.2) is 13.3 Å². The third-order valence-corrected chi connectivity index (χ3v) is 3.75. The molecule has 0 aliphatic heterocycles. The second-order valence-electron chi connectivity index (χ2n) is 3.26. The van der Waals surface area contributed by atoms with Crippen LogP contribution in [0, 0.1) is 17.0 Å². The molecule has 0 radical (unpaired) electrons. The van der Waals surface area contributed by atoms with Crippen molar-refractivity contribution in [3.63, 3.8) is 0 Å². The number of rotatable bonds is 3. The maximum atomic E-state index is 11.4. The van der Waals surface area contributed by atoms with E-state index in [2.05, 4.69) is 0 Å². The van der Waals surface area contributed by atoms with Gasteiger partial charge in [0, 0.05) is 22.3 Å². The van der Waals surface area contributed by atoms with Gasteiger partial charge < -0.3 is 0 Å². The first-order valence-corrected chi connectivity index (χ1v) is 6.81. The Hall–Kier alpha value is -1.14. The van der Waals surface area contributed by atoms with Crippen molar-refractivity contribution in [2.75, 3.05) is 0 Å². The Balaban J connectivity index is 3.71. The Morgan fingerprint density at radius 1 is 1.44 bits per heavy atom. The normalized spacial score (nSPS) is 11.4. The molecule has 0 heterocycles. The van der Waals surface area contributed by atoms with Gasteiger partial charge in [-0.2, -0.15) is 0 Å². The summed E-state index contributed by atoms with van der Waals surface area (Å²) in [6, 6.07) is 2.67. The van der Waals surface area contributed by atoms with Gasteiger partial charge in [-0.1, -0.05) is 13.0 Å². The maximum absolute atomic E-state index is 11.4. The molecule has 0 N–H and O–H groups in total. The van der Waals surface area contributed by atoms with Gasteiger partial charge in [0.15, 0.2) is 0 Å². The van der Waals surface area contributed by atoms with Crippen LogP contribution in [0.5, 0.6) is 0 Å². The maximum Gasteiger partial charge on any atom is 0.273 e. The molecule has 1 aromatic rings. The van der Waals surface area contributed by atoms with E-state index in [-0.39, 0.29) is 22.6 Å². The first kappa shape index (κ1) is 12.9. The van der Waals surface area contributed by atoms with E-state index in [0.29, 0.717) is 5.56 Å². The van der Waals surface area contributed by atoms with E-state index >= 15 is 0 Å². The van der Waals surface area contributed by atoms with E-state index in [1.54, 1.807) is 13.8 Å². The molecule has 0 saturated heterocycles.